The van der Waals surface area contributed by atoms with E-state index >= 15 is 0 Å². The first-order valence-corrected chi connectivity index (χ1v) is 6.28. The fraction of sp³-hybridized carbons (Fsp3) is 0.500. The Labute approximate surface area is 102 Å². The third kappa shape index (κ3) is 2.86. The van der Waals surface area contributed by atoms with Crippen molar-refractivity contribution in [2.45, 2.75) is 44.2 Å². The molecule has 1 aromatic carbocycles. The summed E-state index contributed by atoms with van der Waals surface area (Å²) in [6, 6.07) is 10.5. The average molecular weight is 232 g/mol. The molecule has 1 fully saturated rings. The van der Waals surface area contributed by atoms with Crippen molar-refractivity contribution in [2.24, 2.45) is 5.73 Å². The molecule has 3 nitrogen and oxygen atoms in total. The molecule has 1 amide bonds. The zero-order valence-electron chi connectivity index (χ0n) is 10.3. The molecule has 0 aromatic heterocycles. The van der Waals surface area contributed by atoms with Gasteiger partial charge in [0.15, 0.2) is 0 Å². The molecular weight excluding hydrogens is 212 g/mol. The molecule has 1 aromatic rings. The van der Waals surface area contributed by atoms with Gasteiger partial charge in [-0.05, 0) is 31.2 Å². The fourth-order valence-corrected chi connectivity index (χ4v) is 2.17. The van der Waals surface area contributed by atoms with Crippen LogP contribution < -0.4 is 11.1 Å². The van der Waals surface area contributed by atoms with Crippen LogP contribution in [0.15, 0.2) is 30.3 Å². The molecule has 1 atom stereocenters. The number of hydrogen-bond acceptors (Lipinski definition) is 2. The Morgan fingerprint density at radius 2 is 2.06 bits per heavy atom. The summed E-state index contributed by atoms with van der Waals surface area (Å²) in [4.78, 5) is 11.8. The van der Waals surface area contributed by atoms with Crippen LogP contribution in [-0.4, -0.2) is 17.5 Å². The van der Waals surface area contributed by atoms with E-state index in [0.29, 0.717) is 12.5 Å². The van der Waals surface area contributed by atoms with Crippen molar-refractivity contribution in [3.05, 3.63) is 35.9 Å². The Bertz CT molecular complexity index is 386. The van der Waals surface area contributed by atoms with Crippen molar-refractivity contribution in [3.63, 3.8) is 0 Å². The van der Waals surface area contributed by atoms with Gasteiger partial charge in [-0.1, -0.05) is 37.3 Å². The lowest BCUT2D eigenvalue weighted by atomic mass is 9.87. The highest BCUT2D eigenvalue weighted by molar-refractivity contribution is 5.85. The normalized spacial score (nSPS) is 18.6. The summed E-state index contributed by atoms with van der Waals surface area (Å²) in [5.74, 6) is -0.240. The second-order valence-corrected chi connectivity index (χ2v) is 4.88. The zero-order chi connectivity index (χ0) is 12.3. The van der Waals surface area contributed by atoms with Gasteiger partial charge in [0, 0.05) is 6.04 Å². The second kappa shape index (κ2) is 4.88. The Kier molecular flexibility index (Phi) is 3.48. The molecule has 0 heterocycles. The van der Waals surface area contributed by atoms with Gasteiger partial charge in [-0.3, -0.25) is 4.79 Å². The molecule has 92 valence electrons. The predicted molar refractivity (Wildman–Crippen MR) is 68.5 cm³/mol. The molecule has 1 saturated carbocycles. The van der Waals surface area contributed by atoms with Crippen LogP contribution in [0.1, 0.15) is 31.7 Å². The van der Waals surface area contributed by atoms with Gasteiger partial charge in [-0.2, -0.15) is 0 Å². The lowest BCUT2D eigenvalue weighted by Gasteiger charge is -2.31. The highest BCUT2D eigenvalue weighted by Gasteiger charge is 2.39. The topological polar surface area (TPSA) is 55.1 Å². The number of primary amides is 1. The first-order valence-electron chi connectivity index (χ1n) is 6.28. The van der Waals surface area contributed by atoms with E-state index in [1.165, 1.54) is 0 Å². The van der Waals surface area contributed by atoms with Crippen LogP contribution in [-0.2, 0) is 11.2 Å². The highest BCUT2D eigenvalue weighted by atomic mass is 16.1. The lowest BCUT2D eigenvalue weighted by Crippen LogP contribution is -2.57. The number of amides is 1. The lowest BCUT2D eigenvalue weighted by molar-refractivity contribution is -0.124. The van der Waals surface area contributed by atoms with E-state index in [1.54, 1.807) is 0 Å². The smallest absolute Gasteiger partial charge is 0.238 e. The van der Waals surface area contributed by atoms with Crippen LogP contribution in [0.3, 0.4) is 0 Å². The summed E-state index contributed by atoms with van der Waals surface area (Å²) in [5, 5.41) is 3.43. The quantitative estimate of drug-likeness (QED) is 0.783. The van der Waals surface area contributed by atoms with E-state index in [9.17, 15) is 4.79 Å². The van der Waals surface area contributed by atoms with E-state index in [4.69, 9.17) is 5.73 Å². The number of benzene rings is 1. The van der Waals surface area contributed by atoms with E-state index in [-0.39, 0.29) is 5.91 Å². The maximum Gasteiger partial charge on any atom is 0.238 e. The number of hydrogen-bond donors (Lipinski definition) is 2. The third-order valence-corrected chi connectivity index (χ3v) is 3.48. The minimum Gasteiger partial charge on any atom is -0.368 e. The summed E-state index contributed by atoms with van der Waals surface area (Å²) < 4.78 is 0. The van der Waals surface area contributed by atoms with Crippen molar-refractivity contribution in [1.29, 1.82) is 0 Å². The first-order chi connectivity index (χ1) is 8.16. The Morgan fingerprint density at radius 3 is 2.53 bits per heavy atom. The summed E-state index contributed by atoms with van der Waals surface area (Å²) in [7, 11) is 0. The van der Waals surface area contributed by atoms with Gasteiger partial charge >= 0.3 is 0 Å². The number of nitrogens with one attached hydrogen (secondary N) is 1. The zero-order valence-corrected chi connectivity index (χ0v) is 10.3. The average Bonchev–Trinajstić information content (AvgIpc) is 3.13. The Morgan fingerprint density at radius 1 is 1.41 bits per heavy atom. The van der Waals surface area contributed by atoms with Gasteiger partial charge < -0.3 is 11.1 Å². The summed E-state index contributed by atoms with van der Waals surface area (Å²) in [5.41, 5.74) is 6.18. The van der Waals surface area contributed by atoms with Gasteiger partial charge in [0.25, 0.3) is 0 Å². The highest BCUT2D eigenvalue weighted by Crippen LogP contribution is 2.26. The van der Waals surface area contributed by atoms with E-state index in [0.717, 1.165) is 24.8 Å². The molecule has 0 saturated heterocycles. The largest absolute Gasteiger partial charge is 0.368 e. The van der Waals surface area contributed by atoms with Gasteiger partial charge in [-0.25, -0.2) is 0 Å². The van der Waals surface area contributed by atoms with Crippen molar-refractivity contribution in [1.82, 2.24) is 5.32 Å². The van der Waals surface area contributed by atoms with Gasteiger partial charge in [0.1, 0.15) is 5.54 Å². The van der Waals surface area contributed by atoms with Crippen LogP contribution in [0.5, 0.6) is 0 Å². The fourth-order valence-electron chi connectivity index (χ4n) is 2.17. The van der Waals surface area contributed by atoms with E-state index in [1.807, 2.05) is 37.3 Å². The van der Waals surface area contributed by atoms with Crippen molar-refractivity contribution >= 4 is 5.91 Å². The number of carbonyl (C=O) groups is 1. The van der Waals surface area contributed by atoms with E-state index in [2.05, 4.69) is 5.32 Å². The molecule has 0 spiro atoms. The maximum absolute atomic E-state index is 11.8. The van der Waals surface area contributed by atoms with Crippen molar-refractivity contribution in [3.8, 4) is 0 Å². The van der Waals surface area contributed by atoms with Gasteiger partial charge in [-0.15, -0.1) is 0 Å². The minimum atomic E-state index is -0.581. The molecule has 3 heteroatoms. The molecule has 1 aliphatic carbocycles. The van der Waals surface area contributed by atoms with Crippen LogP contribution >= 0.6 is 0 Å². The summed E-state index contributed by atoms with van der Waals surface area (Å²) >= 11 is 0. The Hall–Kier alpha value is -1.35. The molecule has 1 aliphatic rings. The van der Waals surface area contributed by atoms with Crippen molar-refractivity contribution < 1.29 is 4.79 Å². The monoisotopic (exact) mass is 232 g/mol. The molecule has 0 aliphatic heterocycles. The summed E-state index contributed by atoms with van der Waals surface area (Å²) in [6.07, 6.45) is 3.72. The third-order valence-electron chi connectivity index (χ3n) is 3.48. The van der Waals surface area contributed by atoms with Crippen LogP contribution in [0.2, 0.25) is 0 Å². The summed E-state index contributed by atoms with van der Waals surface area (Å²) in [6.45, 7) is 2.02. The number of carbonyl (C=O) groups excluding carboxylic acids is 1. The second-order valence-electron chi connectivity index (χ2n) is 4.88. The van der Waals surface area contributed by atoms with E-state index < -0.39 is 5.54 Å². The molecule has 3 N–H and O–H groups in total. The van der Waals surface area contributed by atoms with Gasteiger partial charge in [0.05, 0.1) is 0 Å². The Balaban J connectivity index is 2.16. The molecule has 1 unspecified atom stereocenters. The molecule has 2 rings (SSSR count). The molecule has 0 radical (unpaired) electrons. The maximum atomic E-state index is 11.8. The number of nitrogens with two attached hydrogens (primary N) is 1. The standard InChI is InChI=1S/C14H20N2O/c1-2-14(13(15)17,16-12-8-9-12)10-11-6-4-3-5-7-11/h3-7,12,16H,2,8-10H2,1H3,(H2,15,17). The molecular formula is C14H20N2O. The predicted octanol–water partition coefficient (Wildman–Crippen LogP) is 1.62. The number of rotatable bonds is 6. The molecule has 0 bridgehead atoms. The van der Waals surface area contributed by atoms with Crippen LogP contribution in [0.4, 0.5) is 0 Å². The SMILES string of the molecule is CCC(Cc1ccccc1)(NC1CC1)C(N)=O. The van der Waals surface area contributed by atoms with Crippen LogP contribution in [0, 0.1) is 0 Å². The van der Waals surface area contributed by atoms with Crippen molar-refractivity contribution in [2.75, 3.05) is 0 Å². The molecule has 17 heavy (non-hydrogen) atoms. The van der Waals surface area contributed by atoms with Gasteiger partial charge in [0.2, 0.25) is 5.91 Å². The first kappa shape index (κ1) is 12.1. The van der Waals surface area contributed by atoms with Crippen LogP contribution in [0.25, 0.3) is 0 Å². The minimum absolute atomic E-state index is 0.240.